The zero-order chi connectivity index (χ0) is 39.5. The molecule has 2 fully saturated rings. The zero-order valence-corrected chi connectivity index (χ0v) is 31.1. The first-order valence-electron chi connectivity index (χ1n) is 17.3. The number of nitrogens with zero attached hydrogens (tertiary/aromatic N) is 7. The number of aromatic nitrogens is 3. The monoisotopic (exact) mass is 784 g/mol. The molecule has 0 aliphatic carbocycles. The van der Waals surface area contributed by atoms with Gasteiger partial charge >= 0.3 is 12.2 Å². The Balaban J connectivity index is 1.05. The molecule has 0 radical (unpaired) electrons. The minimum atomic E-state index is -4.76. The number of amides is 3. The lowest BCUT2D eigenvalue weighted by atomic mass is 10.0. The second kappa shape index (κ2) is 16.0. The number of urea groups is 1. The molecule has 4 heterocycles. The van der Waals surface area contributed by atoms with Crippen molar-refractivity contribution in [1.82, 2.24) is 25.2 Å². The van der Waals surface area contributed by atoms with E-state index < -0.39 is 39.4 Å². The average molecular weight is 785 g/mol. The number of carbonyl (C=O) groups excluding carboxylic acids is 2. The lowest BCUT2D eigenvalue weighted by Crippen LogP contribution is -2.49. The molecule has 2 aromatic carbocycles. The molecule has 2 aliphatic rings. The Labute approximate surface area is 315 Å². The summed E-state index contributed by atoms with van der Waals surface area (Å²) in [5.41, 5.74) is 1.66. The molecule has 3 amide bonds. The van der Waals surface area contributed by atoms with Crippen molar-refractivity contribution in [1.29, 1.82) is 0 Å². The lowest BCUT2D eigenvalue weighted by Gasteiger charge is -2.38. The Bertz CT molecular complexity index is 2150. The van der Waals surface area contributed by atoms with Crippen molar-refractivity contribution in [3.63, 3.8) is 0 Å². The van der Waals surface area contributed by atoms with Crippen molar-refractivity contribution in [2.24, 2.45) is 0 Å². The van der Waals surface area contributed by atoms with E-state index in [9.17, 15) is 31.2 Å². The van der Waals surface area contributed by atoms with Crippen molar-refractivity contribution in [2.75, 3.05) is 64.7 Å². The van der Waals surface area contributed by atoms with E-state index in [1.165, 1.54) is 24.2 Å². The number of sulfonamides is 1. The topological polar surface area (TPSA) is 156 Å². The molecule has 6 rings (SSSR count). The third-order valence-electron chi connectivity index (χ3n) is 9.60. The predicted octanol–water partition coefficient (Wildman–Crippen LogP) is 5.33. The molecule has 0 spiro atoms. The molecule has 2 aromatic heterocycles. The second-order valence-electron chi connectivity index (χ2n) is 13.4. The molecule has 19 heteroatoms. The van der Waals surface area contributed by atoms with Crippen molar-refractivity contribution in [3.8, 4) is 0 Å². The van der Waals surface area contributed by atoms with Crippen molar-refractivity contribution in [3.05, 3.63) is 89.5 Å². The Morgan fingerprint density at radius 1 is 0.964 bits per heavy atom. The van der Waals surface area contributed by atoms with E-state index in [1.54, 1.807) is 36.4 Å². The second-order valence-corrected chi connectivity index (χ2v) is 15.4. The van der Waals surface area contributed by atoms with E-state index in [-0.39, 0.29) is 43.2 Å². The molecule has 14 nitrogen and oxygen atoms in total. The first-order chi connectivity index (χ1) is 26.1. The van der Waals surface area contributed by atoms with Gasteiger partial charge in [0.1, 0.15) is 23.0 Å². The highest BCUT2D eigenvalue weighted by Crippen LogP contribution is 2.35. The fraction of sp³-hybridized carbons (Fsp3) is 0.361. The van der Waals surface area contributed by atoms with Crippen molar-refractivity contribution in [2.45, 2.75) is 44.6 Å². The quantitative estimate of drug-likeness (QED) is 0.160. The van der Waals surface area contributed by atoms with Crippen LogP contribution in [0.2, 0.25) is 0 Å². The molecule has 2 saturated heterocycles. The number of piperidine rings is 1. The van der Waals surface area contributed by atoms with E-state index in [0.29, 0.717) is 35.2 Å². The average Bonchev–Trinajstić information content (AvgIpc) is 3.14. The van der Waals surface area contributed by atoms with Crippen LogP contribution >= 0.6 is 0 Å². The number of alkyl halides is 3. The van der Waals surface area contributed by atoms with Gasteiger partial charge < -0.3 is 15.5 Å². The van der Waals surface area contributed by atoms with Gasteiger partial charge in [0.05, 0.1) is 6.26 Å². The standard InChI is InChI=1S/C36H40F4N10O4S/c1-47(22-24-6-9-28(19-30(24)37)50-18-14-31(51)45-35(50)52)26-12-16-49(17-13-26)27-10-7-25(8-11-27)44-34-43-21-29(36(38,39)40)32(46-34)42-20-23-5-4-15-41-33(23)48(2)55(3,53)54/h4-11,15,19,21,26H,12-14,16-18,20,22H2,1-3H3,(H,45,51,52)(H2,42,43,44,46). The molecule has 292 valence electrons. The van der Waals surface area contributed by atoms with Crippen LogP contribution in [-0.2, 0) is 34.1 Å². The molecule has 4 aromatic rings. The van der Waals surface area contributed by atoms with E-state index in [1.807, 2.05) is 19.2 Å². The molecule has 55 heavy (non-hydrogen) atoms. The fourth-order valence-corrected chi connectivity index (χ4v) is 6.94. The number of nitrogens with one attached hydrogen (secondary N) is 3. The number of anilines is 6. The highest BCUT2D eigenvalue weighted by molar-refractivity contribution is 7.92. The van der Waals surface area contributed by atoms with E-state index in [4.69, 9.17) is 0 Å². The minimum absolute atomic E-state index is 0.0690. The third kappa shape index (κ3) is 9.40. The number of pyridine rings is 1. The fourth-order valence-electron chi connectivity index (χ4n) is 6.46. The predicted molar refractivity (Wildman–Crippen MR) is 200 cm³/mol. The third-order valence-corrected chi connectivity index (χ3v) is 10.8. The highest BCUT2D eigenvalue weighted by Gasteiger charge is 2.35. The van der Waals surface area contributed by atoms with Gasteiger partial charge in [-0.2, -0.15) is 18.2 Å². The van der Waals surface area contributed by atoms with Crippen LogP contribution in [0.25, 0.3) is 0 Å². The van der Waals surface area contributed by atoms with Crippen LogP contribution in [0.1, 0.15) is 36.0 Å². The zero-order valence-electron chi connectivity index (χ0n) is 30.3. The summed E-state index contributed by atoms with van der Waals surface area (Å²) in [4.78, 5) is 41.4. The maximum atomic E-state index is 15.1. The van der Waals surface area contributed by atoms with Gasteiger partial charge in [-0.3, -0.25) is 24.2 Å². The largest absolute Gasteiger partial charge is 0.421 e. The molecule has 0 atom stereocenters. The SMILES string of the molecule is CN(Cc1ccc(N2CCC(=O)NC2=O)cc1F)C1CCN(c2ccc(Nc3ncc(C(F)(F)F)c(NCc4cccnc4N(C)S(C)(=O)=O)n3)cc2)CC1. The summed E-state index contributed by atoms with van der Waals surface area (Å²) in [5, 5.41) is 7.88. The number of imide groups is 1. The molecular formula is C36H40F4N10O4S. The van der Waals surface area contributed by atoms with E-state index >= 15 is 4.39 Å². The van der Waals surface area contributed by atoms with Gasteiger partial charge in [-0.05, 0) is 62.4 Å². The summed E-state index contributed by atoms with van der Waals surface area (Å²) in [6.07, 6.45) is 0.131. The van der Waals surface area contributed by atoms with Crippen LogP contribution in [0.4, 0.5) is 57.0 Å². The van der Waals surface area contributed by atoms with Gasteiger partial charge in [0.15, 0.2) is 0 Å². The van der Waals surface area contributed by atoms with Gasteiger partial charge in [-0.25, -0.2) is 27.6 Å². The summed E-state index contributed by atoms with van der Waals surface area (Å²) < 4.78 is 82.0. The normalized spacial score (nSPS) is 15.6. The summed E-state index contributed by atoms with van der Waals surface area (Å²) in [7, 11) is -0.414. The number of rotatable bonds is 12. The number of hydrogen-bond donors (Lipinski definition) is 3. The smallest absolute Gasteiger partial charge is 0.371 e. The van der Waals surface area contributed by atoms with Crippen LogP contribution in [-0.4, -0.2) is 86.2 Å². The summed E-state index contributed by atoms with van der Waals surface area (Å²) in [6, 6.07) is 14.8. The Kier molecular flexibility index (Phi) is 11.4. The first-order valence-corrected chi connectivity index (χ1v) is 19.2. The maximum absolute atomic E-state index is 15.1. The summed E-state index contributed by atoms with van der Waals surface area (Å²) in [5.74, 6) is -1.27. The summed E-state index contributed by atoms with van der Waals surface area (Å²) >= 11 is 0. The first kappa shape index (κ1) is 39.1. The van der Waals surface area contributed by atoms with Gasteiger partial charge in [0, 0.05) is 92.8 Å². The van der Waals surface area contributed by atoms with Crippen LogP contribution < -0.4 is 30.1 Å². The van der Waals surface area contributed by atoms with Crippen LogP contribution in [0, 0.1) is 5.82 Å². The van der Waals surface area contributed by atoms with Crippen LogP contribution in [0.15, 0.2) is 67.0 Å². The Hall–Kier alpha value is -5.56. The maximum Gasteiger partial charge on any atom is 0.421 e. The van der Waals surface area contributed by atoms with Crippen molar-refractivity contribution < 1.29 is 35.6 Å². The van der Waals surface area contributed by atoms with Crippen molar-refractivity contribution >= 4 is 56.6 Å². The number of hydrogen-bond acceptors (Lipinski definition) is 11. The molecule has 3 N–H and O–H groups in total. The molecule has 0 bridgehead atoms. The van der Waals surface area contributed by atoms with E-state index in [0.717, 1.165) is 42.2 Å². The van der Waals surface area contributed by atoms with Gasteiger partial charge in [0.2, 0.25) is 21.9 Å². The van der Waals surface area contributed by atoms with Crippen LogP contribution in [0.3, 0.4) is 0 Å². The van der Waals surface area contributed by atoms with E-state index in [2.05, 4.69) is 40.7 Å². The molecule has 2 aliphatic heterocycles. The number of halogens is 4. The van der Waals surface area contributed by atoms with Gasteiger partial charge in [-0.15, -0.1) is 0 Å². The summed E-state index contributed by atoms with van der Waals surface area (Å²) in [6.45, 7) is 1.89. The van der Waals surface area contributed by atoms with Gasteiger partial charge in [0.25, 0.3) is 0 Å². The number of carbonyl (C=O) groups is 2. The van der Waals surface area contributed by atoms with Gasteiger partial charge in [-0.1, -0.05) is 12.1 Å². The highest BCUT2D eigenvalue weighted by atomic mass is 32.2. The van der Waals surface area contributed by atoms with Crippen LogP contribution in [0.5, 0.6) is 0 Å². The molecular weight excluding hydrogens is 745 g/mol. The Morgan fingerprint density at radius 2 is 1.67 bits per heavy atom. The lowest BCUT2D eigenvalue weighted by molar-refractivity contribution is -0.137. The molecule has 0 unspecified atom stereocenters. The Morgan fingerprint density at radius 3 is 2.33 bits per heavy atom. The molecule has 0 saturated carbocycles. The minimum Gasteiger partial charge on any atom is -0.371 e. The number of benzene rings is 2.